The van der Waals surface area contributed by atoms with E-state index in [1.807, 2.05) is 27.7 Å². The summed E-state index contributed by atoms with van der Waals surface area (Å²) in [6.45, 7) is 9.17. The third kappa shape index (κ3) is 2.92. The number of benzene rings is 1. The predicted molar refractivity (Wildman–Crippen MR) is 74.4 cm³/mol. The molecule has 112 valence electrons. The molecule has 1 N–H and O–H groups in total. The van der Waals surface area contributed by atoms with Crippen LogP contribution in [-0.2, 0) is 0 Å². The third-order valence-corrected chi connectivity index (χ3v) is 3.81. The van der Waals surface area contributed by atoms with Gasteiger partial charge in [0.2, 0.25) is 0 Å². The van der Waals surface area contributed by atoms with E-state index in [4.69, 9.17) is 0 Å². The van der Waals surface area contributed by atoms with E-state index < -0.39 is 17.5 Å². The number of hydrogen-bond donors (Lipinski definition) is 1. The van der Waals surface area contributed by atoms with Gasteiger partial charge < -0.3 is 10.2 Å². The van der Waals surface area contributed by atoms with Crippen LogP contribution in [0.4, 0.5) is 18.9 Å². The zero-order valence-corrected chi connectivity index (χ0v) is 12.3. The van der Waals surface area contributed by atoms with Gasteiger partial charge in [-0.05, 0) is 19.8 Å². The first-order chi connectivity index (χ1) is 9.21. The van der Waals surface area contributed by atoms with Crippen molar-refractivity contribution in [3.8, 4) is 0 Å². The smallest absolute Gasteiger partial charge is 0.182 e. The fourth-order valence-corrected chi connectivity index (χ4v) is 2.70. The Bertz CT molecular complexity index is 500. The Hall–Kier alpha value is -1.23. The normalized spacial score (nSPS) is 22.4. The summed E-state index contributed by atoms with van der Waals surface area (Å²) in [6.07, 6.45) is 0. The minimum absolute atomic E-state index is 0.00118. The van der Waals surface area contributed by atoms with Gasteiger partial charge in [0.15, 0.2) is 11.6 Å². The van der Waals surface area contributed by atoms with Crippen molar-refractivity contribution in [2.45, 2.75) is 39.3 Å². The number of nitrogens with zero attached hydrogens (tertiary/aromatic N) is 1. The van der Waals surface area contributed by atoms with Crippen LogP contribution in [0.3, 0.4) is 0 Å². The molecule has 1 atom stereocenters. The molecular weight excluding hydrogens is 265 g/mol. The molecule has 0 amide bonds. The Labute approximate surface area is 118 Å². The van der Waals surface area contributed by atoms with Gasteiger partial charge in [0.1, 0.15) is 5.82 Å². The second kappa shape index (κ2) is 5.28. The van der Waals surface area contributed by atoms with Gasteiger partial charge in [-0.3, -0.25) is 0 Å². The molecular formula is C15H21F3N2. The molecule has 1 saturated heterocycles. The molecule has 1 aromatic carbocycles. The summed E-state index contributed by atoms with van der Waals surface area (Å²) in [7, 11) is 0. The van der Waals surface area contributed by atoms with Crippen LogP contribution in [-0.4, -0.2) is 24.7 Å². The van der Waals surface area contributed by atoms with Crippen LogP contribution in [0.2, 0.25) is 0 Å². The second-order valence-electron chi connectivity index (χ2n) is 6.42. The number of nitrogens with one attached hydrogen (secondary N) is 1. The lowest BCUT2D eigenvalue weighted by Gasteiger charge is -2.47. The SMILES string of the molecule is CC(C)C1CNC(C)(C)CN1c1cc(F)cc(F)c1F. The second-order valence-corrected chi connectivity index (χ2v) is 6.42. The average Bonchev–Trinajstić information content (AvgIpc) is 2.32. The maximum Gasteiger partial charge on any atom is 0.182 e. The lowest BCUT2D eigenvalue weighted by molar-refractivity contribution is 0.274. The molecule has 0 aromatic heterocycles. The van der Waals surface area contributed by atoms with Crippen molar-refractivity contribution in [1.29, 1.82) is 0 Å². The van der Waals surface area contributed by atoms with Gasteiger partial charge in [0.05, 0.1) is 5.69 Å². The summed E-state index contributed by atoms with van der Waals surface area (Å²) in [5.74, 6) is -2.63. The molecule has 2 rings (SSSR count). The summed E-state index contributed by atoms with van der Waals surface area (Å²) in [5, 5.41) is 3.39. The summed E-state index contributed by atoms with van der Waals surface area (Å²) in [6, 6.07) is 1.66. The Morgan fingerprint density at radius 2 is 1.90 bits per heavy atom. The maximum absolute atomic E-state index is 14.1. The maximum atomic E-state index is 14.1. The molecule has 0 saturated carbocycles. The van der Waals surface area contributed by atoms with Crippen LogP contribution in [0, 0.1) is 23.4 Å². The lowest BCUT2D eigenvalue weighted by Crippen LogP contribution is -2.63. The minimum Gasteiger partial charge on any atom is -0.363 e. The number of halogens is 3. The van der Waals surface area contributed by atoms with E-state index in [2.05, 4.69) is 5.32 Å². The molecule has 0 radical (unpaired) electrons. The fraction of sp³-hybridized carbons (Fsp3) is 0.600. The van der Waals surface area contributed by atoms with Gasteiger partial charge in [-0.1, -0.05) is 13.8 Å². The molecule has 1 heterocycles. The van der Waals surface area contributed by atoms with Crippen LogP contribution in [0.5, 0.6) is 0 Å². The van der Waals surface area contributed by atoms with Gasteiger partial charge in [0.25, 0.3) is 0 Å². The van der Waals surface area contributed by atoms with Crippen LogP contribution in [0.15, 0.2) is 12.1 Å². The largest absolute Gasteiger partial charge is 0.363 e. The van der Waals surface area contributed by atoms with Crippen molar-refractivity contribution in [1.82, 2.24) is 5.32 Å². The third-order valence-electron chi connectivity index (χ3n) is 3.81. The zero-order chi connectivity index (χ0) is 15.1. The summed E-state index contributed by atoms with van der Waals surface area (Å²) >= 11 is 0. The van der Waals surface area contributed by atoms with Crippen molar-refractivity contribution in [2.75, 3.05) is 18.0 Å². The molecule has 1 aromatic rings. The van der Waals surface area contributed by atoms with E-state index >= 15 is 0 Å². The molecule has 20 heavy (non-hydrogen) atoms. The van der Waals surface area contributed by atoms with E-state index in [0.717, 1.165) is 6.07 Å². The van der Waals surface area contributed by atoms with E-state index in [1.54, 1.807) is 4.90 Å². The first kappa shape index (κ1) is 15.2. The molecule has 0 bridgehead atoms. The topological polar surface area (TPSA) is 15.3 Å². The zero-order valence-electron chi connectivity index (χ0n) is 12.3. The molecule has 0 aliphatic carbocycles. The Morgan fingerprint density at radius 1 is 1.25 bits per heavy atom. The number of anilines is 1. The summed E-state index contributed by atoms with van der Waals surface area (Å²) < 4.78 is 40.9. The van der Waals surface area contributed by atoms with Gasteiger partial charge in [-0.25, -0.2) is 13.2 Å². The molecule has 0 spiro atoms. The molecule has 1 aliphatic rings. The number of rotatable bonds is 2. The Balaban J connectivity index is 2.45. The minimum atomic E-state index is -1.14. The molecule has 1 unspecified atom stereocenters. The van der Waals surface area contributed by atoms with Crippen molar-refractivity contribution < 1.29 is 13.2 Å². The monoisotopic (exact) mass is 286 g/mol. The highest BCUT2D eigenvalue weighted by atomic mass is 19.2. The molecule has 1 aliphatic heterocycles. The Kier molecular flexibility index (Phi) is 4.00. The quantitative estimate of drug-likeness (QED) is 0.839. The highest BCUT2D eigenvalue weighted by molar-refractivity contribution is 5.51. The number of piperazine rings is 1. The standard InChI is InChI=1S/C15H21F3N2/c1-9(2)13-7-19-15(3,4)8-20(13)12-6-10(16)5-11(17)14(12)18/h5-6,9,13,19H,7-8H2,1-4H3. The molecule has 2 nitrogen and oxygen atoms in total. The van der Waals surface area contributed by atoms with Crippen LogP contribution in [0.25, 0.3) is 0 Å². The summed E-state index contributed by atoms with van der Waals surface area (Å²) in [5.41, 5.74) is -0.226. The predicted octanol–water partition coefficient (Wildman–Crippen LogP) is 3.32. The molecule has 5 heteroatoms. The fourth-order valence-electron chi connectivity index (χ4n) is 2.70. The Morgan fingerprint density at radius 3 is 2.50 bits per heavy atom. The lowest BCUT2D eigenvalue weighted by atomic mass is 9.92. The van der Waals surface area contributed by atoms with Crippen LogP contribution >= 0.6 is 0 Å². The highest BCUT2D eigenvalue weighted by Crippen LogP contribution is 2.30. The van der Waals surface area contributed by atoms with Gasteiger partial charge >= 0.3 is 0 Å². The van der Waals surface area contributed by atoms with E-state index in [9.17, 15) is 13.2 Å². The van der Waals surface area contributed by atoms with Gasteiger partial charge in [-0.2, -0.15) is 0 Å². The van der Waals surface area contributed by atoms with Crippen LogP contribution < -0.4 is 10.2 Å². The highest BCUT2D eigenvalue weighted by Gasteiger charge is 2.35. The van der Waals surface area contributed by atoms with Crippen molar-refractivity contribution in [3.63, 3.8) is 0 Å². The van der Waals surface area contributed by atoms with Gasteiger partial charge in [0, 0.05) is 36.8 Å². The van der Waals surface area contributed by atoms with Crippen LogP contribution in [0.1, 0.15) is 27.7 Å². The van der Waals surface area contributed by atoms with Crippen molar-refractivity contribution >= 4 is 5.69 Å². The van der Waals surface area contributed by atoms with E-state index in [0.29, 0.717) is 19.2 Å². The van der Waals surface area contributed by atoms with E-state index in [1.165, 1.54) is 0 Å². The summed E-state index contributed by atoms with van der Waals surface area (Å²) in [4.78, 5) is 1.78. The number of hydrogen-bond acceptors (Lipinski definition) is 2. The van der Waals surface area contributed by atoms with Crippen molar-refractivity contribution in [2.24, 2.45) is 5.92 Å². The van der Waals surface area contributed by atoms with Crippen molar-refractivity contribution in [3.05, 3.63) is 29.6 Å². The van der Waals surface area contributed by atoms with Gasteiger partial charge in [-0.15, -0.1) is 0 Å². The first-order valence-electron chi connectivity index (χ1n) is 6.87. The molecule has 1 fully saturated rings. The first-order valence-corrected chi connectivity index (χ1v) is 6.87. The average molecular weight is 286 g/mol. The van der Waals surface area contributed by atoms with E-state index in [-0.39, 0.29) is 23.2 Å².